The van der Waals surface area contributed by atoms with E-state index in [1.54, 1.807) is 32.2 Å². The second kappa shape index (κ2) is 15.5. The number of sulfonamides is 1. The van der Waals surface area contributed by atoms with Gasteiger partial charge >= 0.3 is 0 Å². The lowest BCUT2D eigenvalue weighted by atomic mass is 9.64. The van der Waals surface area contributed by atoms with Crippen molar-refractivity contribution in [1.82, 2.24) is 10.0 Å². The third-order valence-electron chi connectivity index (χ3n) is 12.0. The molecule has 2 aromatic rings. The Hall–Kier alpha value is -3.43. The maximum absolute atomic E-state index is 13.4. The lowest BCUT2D eigenvalue weighted by molar-refractivity contribution is -0.135. The zero-order valence-corrected chi connectivity index (χ0v) is 31.5. The first-order chi connectivity index (χ1) is 24.3. The Bertz CT molecular complexity index is 1840. The predicted octanol–water partition coefficient (Wildman–Crippen LogP) is 6.22. The predicted molar refractivity (Wildman–Crippen MR) is 204 cm³/mol. The van der Waals surface area contributed by atoms with Gasteiger partial charge < -0.3 is 19.7 Å². The first-order valence-electron chi connectivity index (χ1n) is 18.0. The van der Waals surface area contributed by atoms with Crippen molar-refractivity contribution >= 4 is 39.5 Å². The molecule has 282 valence electrons. The number of benzene rings is 2. The van der Waals surface area contributed by atoms with Crippen molar-refractivity contribution < 1.29 is 27.5 Å². The standard InChI is InChI=1S/C34H41ClN2O6S.C5H8N2.CH4/c1-22-6-4-15-34(20-38,42-3)29-11-8-26(29)18-37-19-33(14-5-7-24-16-27(35)10-12-28(24)33)21-43-31-13-9-25(17-30(31)37)32(39)36-44(40,41)23(22)2;1-5(2-6)3-7-4-5;/h4,9-10,12-13,15-17,20,22-23,26,29H,5-8,11,14,18-19,21H2,1-3H3,(H,36,39);7H,3-4H2,1H3;1H4/b15-4+;;/t22-,23+,26-,29+,33-,34-;;/m0../s1. The summed E-state index contributed by atoms with van der Waals surface area (Å²) in [7, 11) is -2.41. The van der Waals surface area contributed by atoms with E-state index in [9.17, 15) is 18.0 Å². The second-order valence-corrected chi connectivity index (χ2v) is 18.0. The van der Waals surface area contributed by atoms with Gasteiger partial charge in [-0.2, -0.15) is 5.26 Å². The molecule has 7 rings (SSSR count). The van der Waals surface area contributed by atoms with Crippen LogP contribution in [0.25, 0.3) is 0 Å². The van der Waals surface area contributed by atoms with Crippen molar-refractivity contribution in [1.29, 1.82) is 5.26 Å². The number of carbonyl (C=O) groups is 2. The Morgan fingerprint density at radius 3 is 2.54 bits per heavy atom. The maximum Gasteiger partial charge on any atom is 0.264 e. The number of nitrogens with zero attached hydrogens (tertiary/aromatic N) is 2. The number of aryl methyl sites for hydroxylation is 1. The van der Waals surface area contributed by atoms with Crippen molar-refractivity contribution in [2.75, 3.05) is 44.8 Å². The molecule has 6 atom stereocenters. The van der Waals surface area contributed by atoms with Crippen LogP contribution < -0.4 is 19.7 Å². The number of aldehydes is 1. The Morgan fingerprint density at radius 2 is 1.92 bits per heavy atom. The highest BCUT2D eigenvalue weighted by atomic mass is 35.5. The van der Waals surface area contributed by atoms with Gasteiger partial charge in [0, 0.05) is 55.2 Å². The first-order valence-corrected chi connectivity index (χ1v) is 19.9. The SMILES string of the molecule is C.CC1(C#N)CNC1.CO[C@]1(C=O)/C=C/C[C@H](C)[C@@H](C)S(=O)(=O)NC(=O)c2ccc3c(c2)N(C[C@@H]2CC[C@H]21)C[C@@]1(CCCc2cc(Cl)ccc21)CO3. The number of allylic oxidation sites excluding steroid dienone is 1. The largest absolute Gasteiger partial charge is 0.490 e. The summed E-state index contributed by atoms with van der Waals surface area (Å²) in [6.07, 6.45) is 9.65. The van der Waals surface area contributed by atoms with Crippen LogP contribution in [0.4, 0.5) is 5.69 Å². The van der Waals surface area contributed by atoms with Crippen molar-refractivity contribution in [3.63, 3.8) is 0 Å². The minimum atomic E-state index is -3.97. The van der Waals surface area contributed by atoms with Gasteiger partial charge in [-0.05, 0) is 112 Å². The third-order valence-corrected chi connectivity index (χ3v) is 14.1. The van der Waals surface area contributed by atoms with Gasteiger partial charge in [0.05, 0.1) is 29.0 Å². The van der Waals surface area contributed by atoms with Crippen molar-refractivity contribution in [3.8, 4) is 11.8 Å². The molecule has 1 amide bonds. The van der Waals surface area contributed by atoms with E-state index >= 15 is 0 Å². The summed E-state index contributed by atoms with van der Waals surface area (Å²) in [4.78, 5) is 28.4. The highest BCUT2D eigenvalue weighted by Gasteiger charge is 2.49. The normalized spacial score (nSPS) is 32.1. The van der Waals surface area contributed by atoms with E-state index in [1.165, 1.54) is 11.1 Å². The number of nitriles is 1. The maximum atomic E-state index is 13.4. The molecule has 2 bridgehead atoms. The monoisotopic (exact) mass is 752 g/mol. The molecule has 1 saturated heterocycles. The lowest BCUT2D eigenvalue weighted by Gasteiger charge is -2.48. The Morgan fingerprint density at radius 1 is 1.15 bits per heavy atom. The molecule has 12 heteroatoms. The van der Waals surface area contributed by atoms with Gasteiger partial charge in [-0.3, -0.25) is 9.59 Å². The van der Waals surface area contributed by atoms with Gasteiger partial charge in [-0.15, -0.1) is 0 Å². The van der Waals surface area contributed by atoms with Crippen LogP contribution in [0.5, 0.6) is 5.75 Å². The van der Waals surface area contributed by atoms with Crippen LogP contribution in [-0.4, -0.2) is 71.4 Å². The van der Waals surface area contributed by atoms with E-state index in [2.05, 4.69) is 33.1 Å². The van der Waals surface area contributed by atoms with Crippen molar-refractivity contribution in [2.45, 2.75) is 83.0 Å². The summed E-state index contributed by atoms with van der Waals surface area (Å²) in [5.74, 6) is -0.203. The van der Waals surface area contributed by atoms with Gasteiger partial charge in [0.15, 0.2) is 6.29 Å². The zero-order chi connectivity index (χ0) is 36.6. The summed E-state index contributed by atoms with van der Waals surface area (Å²) in [6.45, 7) is 8.87. The number of nitrogens with one attached hydrogen (secondary N) is 2. The average Bonchev–Trinajstić information content (AvgIpc) is 3.24. The molecule has 52 heavy (non-hydrogen) atoms. The first kappa shape index (κ1) is 39.8. The molecule has 2 N–H and O–H groups in total. The molecule has 2 fully saturated rings. The number of fused-ring (bicyclic) bond motifs is 4. The molecular formula is C40H53ClN4O6S. The lowest BCUT2D eigenvalue weighted by Crippen LogP contribution is -2.53. The van der Waals surface area contributed by atoms with Crippen molar-refractivity contribution in [2.24, 2.45) is 23.2 Å². The molecule has 5 aliphatic rings. The number of hydrogen-bond donors (Lipinski definition) is 2. The molecule has 1 spiro atoms. The quantitative estimate of drug-likeness (QED) is 0.271. The van der Waals surface area contributed by atoms with Crippen LogP contribution in [0.15, 0.2) is 48.6 Å². The van der Waals surface area contributed by atoms with Crippen molar-refractivity contribution in [3.05, 3.63) is 70.3 Å². The molecule has 0 radical (unpaired) electrons. The van der Waals surface area contributed by atoms with Gasteiger partial charge in [-0.25, -0.2) is 13.1 Å². The fraction of sp³-hybridized carbons (Fsp3) is 0.575. The Kier molecular flexibility index (Phi) is 11.9. The van der Waals surface area contributed by atoms with Gasteiger partial charge in [0.1, 0.15) is 11.4 Å². The zero-order valence-electron chi connectivity index (χ0n) is 29.9. The second-order valence-electron chi connectivity index (χ2n) is 15.5. The van der Waals surface area contributed by atoms with Gasteiger partial charge in [0.25, 0.3) is 5.91 Å². The van der Waals surface area contributed by atoms with E-state index in [0.29, 0.717) is 36.9 Å². The molecule has 0 aromatic heterocycles. The number of carbonyl (C=O) groups excluding carboxylic acids is 2. The molecular weight excluding hydrogens is 700 g/mol. The topological polar surface area (TPSA) is 138 Å². The molecule has 2 aromatic carbocycles. The highest BCUT2D eigenvalue weighted by Crippen LogP contribution is 2.48. The van der Waals surface area contributed by atoms with Gasteiger partial charge in [-0.1, -0.05) is 38.1 Å². The highest BCUT2D eigenvalue weighted by molar-refractivity contribution is 7.90. The van der Waals surface area contributed by atoms with Crippen LogP contribution in [0.3, 0.4) is 0 Å². The minimum absolute atomic E-state index is 0. The van der Waals surface area contributed by atoms with E-state index in [-0.39, 0.29) is 41.6 Å². The number of anilines is 1. The summed E-state index contributed by atoms with van der Waals surface area (Å²) in [5, 5.41) is 11.3. The summed E-state index contributed by atoms with van der Waals surface area (Å²) in [5.41, 5.74) is 2.01. The average molecular weight is 753 g/mol. The van der Waals surface area contributed by atoms with Crippen LogP contribution in [-0.2, 0) is 31.4 Å². The summed E-state index contributed by atoms with van der Waals surface area (Å²) in [6, 6.07) is 13.5. The number of methoxy groups -OCH3 is 1. The van der Waals surface area contributed by atoms with Crippen LogP contribution in [0, 0.1) is 34.5 Å². The van der Waals surface area contributed by atoms with E-state index < -0.39 is 26.8 Å². The number of hydrogen-bond acceptors (Lipinski definition) is 9. The van der Waals surface area contributed by atoms with Crippen LogP contribution in [0.2, 0.25) is 5.02 Å². The minimum Gasteiger partial charge on any atom is -0.490 e. The van der Waals surface area contributed by atoms with E-state index in [0.717, 1.165) is 57.2 Å². The molecule has 3 heterocycles. The summed E-state index contributed by atoms with van der Waals surface area (Å²) < 4.78 is 41.3. The summed E-state index contributed by atoms with van der Waals surface area (Å²) >= 11 is 6.40. The molecule has 10 nitrogen and oxygen atoms in total. The van der Waals surface area contributed by atoms with Crippen LogP contribution >= 0.6 is 11.6 Å². The third kappa shape index (κ3) is 7.63. The Balaban J connectivity index is 0.000000586. The number of halogens is 1. The molecule has 1 saturated carbocycles. The fourth-order valence-electron chi connectivity index (χ4n) is 8.26. The number of rotatable bonds is 2. The smallest absolute Gasteiger partial charge is 0.264 e. The van der Waals surface area contributed by atoms with Crippen LogP contribution in [0.1, 0.15) is 81.8 Å². The van der Waals surface area contributed by atoms with E-state index in [1.807, 2.05) is 32.1 Å². The molecule has 3 aliphatic heterocycles. The fourth-order valence-corrected chi connectivity index (χ4v) is 9.74. The molecule has 0 unspecified atom stereocenters. The Labute approximate surface area is 314 Å². The number of amides is 1. The molecule has 2 aliphatic carbocycles. The van der Waals surface area contributed by atoms with Gasteiger partial charge in [0.2, 0.25) is 10.0 Å². The number of ether oxygens (including phenoxy) is 2. The van der Waals surface area contributed by atoms with E-state index in [4.69, 9.17) is 26.3 Å².